The first-order valence-corrected chi connectivity index (χ1v) is 9.45. The molecule has 0 spiro atoms. The lowest BCUT2D eigenvalue weighted by atomic mass is 10.2. The summed E-state index contributed by atoms with van der Waals surface area (Å²) in [6, 6.07) is 7.30. The van der Waals surface area contributed by atoms with Crippen LogP contribution in [0.1, 0.15) is 27.4 Å². The maximum atomic E-state index is 12.2. The van der Waals surface area contributed by atoms with Crippen molar-refractivity contribution in [3.63, 3.8) is 0 Å². The first-order valence-electron chi connectivity index (χ1n) is 7.78. The topological polar surface area (TPSA) is 84.2 Å². The van der Waals surface area contributed by atoms with E-state index in [4.69, 9.17) is 4.42 Å². The van der Waals surface area contributed by atoms with Gasteiger partial charge in [0.25, 0.3) is 5.91 Å². The molecule has 1 aromatic carbocycles. The van der Waals surface area contributed by atoms with Gasteiger partial charge in [-0.25, -0.2) is 4.98 Å². The second-order valence-corrected chi connectivity index (χ2v) is 7.45. The van der Waals surface area contributed by atoms with E-state index in [1.807, 2.05) is 25.1 Å². The van der Waals surface area contributed by atoms with Crippen molar-refractivity contribution in [3.8, 4) is 0 Å². The molecule has 8 heteroatoms. The molecular formula is C18H16BrN3O3S. The molecule has 0 aliphatic rings. The van der Waals surface area contributed by atoms with Crippen molar-refractivity contribution >= 4 is 49.9 Å². The van der Waals surface area contributed by atoms with E-state index in [0.29, 0.717) is 22.1 Å². The van der Waals surface area contributed by atoms with Crippen LogP contribution in [0.5, 0.6) is 0 Å². The van der Waals surface area contributed by atoms with Crippen LogP contribution < -0.4 is 10.6 Å². The number of aromatic nitrogens is 1. The Balaban J connectivity index is 1.61. The molecule has 2 aromatic heterocycles. The summed E-state index contributed by atoms with van der Waals surface area (Å²) in [5.41, 5.74) is 2.79. The molecule has 6 nitrogen and oxygen atoms in total. The van der Waals surface area contributed by atoms with Crippen molar-refractivity contribution in [3.05, 3.63) is 63.0 Å². The summed E-state index contributed by atoms with van der Waals surface area (Å²) in [5.74, 6) is 0.0921. The fourth-order valence-electron chi connectivity index (χ4n) is 2.32. The number of hydrogen-bond donors (Lipinski definition) is 2. The predicted molar refractivity (Wildman–Crippen MR) is 105 cm³/mol. The van der Waals surface area contributed by atoms with Gasteiger partial charge >= 0.3 is 0 Å². The molecule has 2 heterocycles. The van der Waals surface area contributed by atoms with Crippen molar-refractivity contribution in [1.82, 2.24) is 4.98 Å². The third kappa shape index (κ3) is 4.39. The van der Waals surface area contributed by atoms with Gasteiger partial charge in [-0.2, -0.15) is 0 Å². The summed E-state index contributed by atoms with van der Waals surface area (Å²) in [4.78, 5) is 28.7. The maximum absolute atomic E-state index is 12.2. The normalized spacial score (nSPS) is 10.6. The predicted octanol–water partition coefficient (Wildman–Crippen LogP) is 4.55. The molecule has 0 atom stereocenters. The molecule has 2 amide bonds. The summed E-state index contributed by atoms with van der Waals surface area (Å²) in [6.07, 6.45) is 1.59. The SMILES string of the molecule is Cc1ccc(Br)cc1NC(=O)Cc1csc(NC(=O)c2ccoc2C)n1. The molecule has 0 bridgehead atoms. The number of hydrogen-bond acceptors (Lipinski definition) is 5. The molecule has 2 N–H and O–H groups in total. The molecule has 0 aliphatic carbocycles. The third-order valence-electron chi connectivity index (χ3n) is 3.69. The van der Waals surface area contributed by atoms with Gasteiger partial charge in [0, 0.05) is 15.5 Å². The van der Waals surface area contributed by atoms with Crippen LogP contribution in [0.4, 0.5) is 10.8 Å². The van der Waals surface area contributed by atoms with Gasteiger partial charge in [0.05, 0.1) is 23.9 Å². The smallest absolute Gasteiger partial charge is 0.260 e. The molecule has 0 aliphatic heterocycles. The lowest BCUT2D eigenvalue weighted by Gasteiger charge is -2.08. The van der Waals surface area contributed by atoms with Gasteiger partial charge in [-0.15, -0.1) is 11.3 Å². The average molecular weight is 434 g/mol. The Labute approximate surface area is 162 Å². The van der Waals surface area contributed by atoms with Crippen LogP contribution in [-0.2, 0) is 11.2 Å². The number of carbonyl (C=O) groups is 2. The average Bonchev–Trinajstić information content (AvgIpc) is 3.19. The van der Waals surface area contributed by atoms with Gasteiger partial charge in [-0.3, -0.25) is 14.9 Å². The maximum Gasteiger partial charge on any atom is 0.260 e. The summed E-state index contributed by atoms with van der Waals surface area (Å²) in [7, 11) is 0. The minimum absolute atomic E-state index is 0.128. The molecule has 26 heavy (non-hydrogen) atoms. The molecule has 0 saturated heterocycles. The van der Waals surface area contributed by atoms with Crippen molar-refractivity contribution in [2.24, 2.45) is 0 Å². The second-order valence-electron chi connectivity index (χ2n) is 5.67. The Hall–Kier alpha value is -2.45. The second kappa shape index (κ2) is 7.84. The van der Waals surface area contributed by atoms with Crippen molar-refractivity contribution in [2.45, 2.75) is 20.3 Å². The van der Waals surface area contributed by atoms with Crippen molar-refractivity contribution in [2.75, 3.05) is 10.6 Å². The van der Waals surface area contributed by atoms with Crippen LogP contribution in [0.3, 0.4) is 0 Å². The molecule has 0 unspecified atom stereocenters. The Morgan fingerprint density at radius 1 is 1.23 bits per heavy atom. The monoisotopic (exact) mass is 433 g/mol. The van der Waals surface area contributed by atoms with Gasteiger partial charge in [0.1, 0.15) is 5.76 Å². The number of nitrogens with zero attached hydrogens (tertiary/aromatic N) is 1. The van der Waals surface area contributed by atoms with E-state index in [9.17, 15) is 9.59 Å². The van der Waals surface area contributed by atoms with Crippen LogP contribution in [0.25, 0.3) is 0 Å². The highest BCUT2D eigenvalue weighted by Crippen LogP contribution is 2.22. The highest BCUT2D eigenvalue weighted by molar-refractivity contribution is 9.10. The standard InChI is InChI=1S/C18H16BrN3O3S/c1-10-3-4-12(19)7-15(10)21-16(23)8-13-9-26-18(20-13)22-17(24)14-5-6-25-11(14)2/h3-7,9H,8H2,1-2H3,(H,21,23)(H,20,22,24). The number of aryl methyl sites for hydroxylation is 2. The Morgan fingerprint density at radius 2 is 2.04 bits per heavy atom. The minimum Gasteiger partial charge on any atom is -0.469 e. The van der Waals surface area contributed by atoms with Gasteiger partial charge < -0.3 is 9.73 Å². The summed E-state index contributed by atoms with van der Waals surface area (Å²) >= 11 is 4.67. The number of halogens is 1. The minimum atomic E-state index is -0.286. The zero-order chi connectivity index (χ0) is 18.7. The number of furan rings is 1. The number of benzene rings is 1. The number of carbonyl (C=O) groups excluding carboxylic acids is 2. The number of amides is 2. The van der Waals surface area contributed by atoms with Crippen LogP contribution in [0.15, 0.2) is 44.8 Å². The van der Waals surface area contributed by atoms with Crippen molar-refractivity contribution in [1.29, 1.82) is 0 Å². The number of anilines is 2. The van der Waals surface area contributed by atoms with Crippen LogP contribution in [0.2, 0.25) is 0 Å². The molecule has 0 radical (unpaired) electrons. The fraction of sp³-hybridized carbons (Fsp3) is 0.167. The third-order valence-corrected chi connectivity index (χ3v) is 4.99. The van der Waals surface area contributed by atoms with Crippen molar-refractivity contribution < 1.29 is 14.0 Å². The van der Waals surface area contributed by atoms with E-state index in [-0.39, 0.29) is 18.2 Å². The molecule has 3 rings (SSSR count). The van der Waals surface area contributed by atoms with Crippen LogP contribution in [-0.4, -0.2) is 16.8 Å². The first kappa shape index (κ1) is 18.3. The number of rotatable bonds is 5. The van der Waals surface area contributed by atoms with E-state index in [0.717, 1.165) is 15.7 Å². The molecular weight excluding hydrogens is 418 g/mol. The highest BCUT2D eigenvalue weighted by Gasteiger charge is 2.14. The molecule has 0 fully saturated rings. The Bertz CT molecular complexity index is 964. The van der Waals surface area contributed by atoms with Crippen LogP contribution in [0, 0.1) is 13.8 Å². The van der Waals surface area contributed by atoms with Crippen LogP contribution >= 0.6 is 27.3 Å². The lowest BCUT2D eigenvalue weighted by molar-refractivity contribution is -0.115. The molecule has 3 aromatic rings. The van der Waals surface area contributed by atoms with Gasteiger partial charge in [-0.05, 0) is 37.6 Å². The van der Waals surface area contributed by atoms with E-state index in [1.165, 1.54) is 17.6 Å². The van der Waals surface area contributed by atoms with Gasteiger partial charge in [0.2, 0.25) is 5.91 Å². The Kier molecular flexibility index (Phi) is 5.53. The quantitative estimate of drug-likeness (QED) is 0.617. The summed E-state index contributed by atoms with van der Waals surface area (Å²) in [5, 5.41) is 7.79. The summed E-state index contributed by atoms with van der Waals surface area (Å²) in [6.45, 7) is 3.65. The zero-order valence-electron chi connectivity index (χ0n) is 14.1. The van der Waals surface area contributed by atoms with Gasteiger partial charge in [-0.1, -0.05) is 22.0 Å². The van der Waals surface area contributed by atoms with Gasteiger partial charge in [0.15, 0.2) is 5.13 Å². The van der Waals surface area contributed by atoms with E-state index in [1.54, 1.807) is 18.4 Å². The zero-order valence-corrected chi connectivity index (χ0v) is 16.5. The number of thiazole rings is 1. The first-order chi connectivity index (χ1) is 12.4. The Morgan fingerprint density at radius 3 is 2.77 bits per heavy atom. The largest absolute Gasteiger partial charge is 0.469 e. The lowest BCUT2D eigenvalue weighted by Crippen LogP contribution is -2.16. The highest BCUT2D eigenvalue weighted by atomic mass is 79.9. The number of nitrogens with one attached hydrogen (secondary N) is 2. The van der Waals surface area contributed by atoms with E-state index in [2.05, 4.69) is 31.5 Å². The van der Waals surface area contributed by atoms with E-state index >= 15 is 0 Å². The summed E-state index contributed by atoms with van der Waals surface area (Å²) < 4.78 is 6.02. The van der Waals surface area contributed by atoms with E-state index < -0.39 is 0 Å². The molecule has 0 saturated carbocycles. The molecule has 134 valence electrons. The fourth-order valence-corrected chi connectivity index (χ4v) is 3.38.